The number of carbonyl (C=O) groups is 2. The molecule has 0 amide bonds. The average molecular weight is 596 g/mol. The van der Waals surface area contributed by atoms with E-state index in [2.05, 4.69) is 25.4 Å². The molecule has 0 aliphatic carbocycles. The zero-order chi connectivity index (χ0) is 31.8. The van der Waals surface area contributed by atoms with Crippen LogP contribution in [0.3, 0.4) is 0 Å². The molecule has 0 fully saturated rings. The number of methoxy groups -OCH3 is 2. The molecule has 0 spiro atoms. The number of carbonyl (C=O) groups excluding carboxylic acids is 2. The van der Waals surface area contributed by atoms with E-state index in [1.165, 1.54) is 14.2 Å². The van der Waals surface area contributed by atoms with Crippen molar-refractivity contribution >= 4 is 11.9 Å². The summed E-state index contributed by atoms with van der Waals surface area (Å²) in [6, 6.07) is 15.9. The van der Waals surface area contributed by atoms with E-state index in [1.807, 2.05) is 53.7 Å². The summed E-state index contributed by atoms with van der Waals surface area (Å²) in [5.41, 5.74) is 4.06. The molecule has 3 heterocycles. The largest absolute Gasteiger partial charge is 0.465 e. The Morgan fingerprint density at radius 3 is 1.34 bits per heavy atom. The lowest BCUT2D eigenvalue weighted by molar-refractivity contribution is 0.0591. The minimum atomic E-state index is -0.461. The molecule has 5 rings (SSSR count). The summed E-state index contributed by atoms with van der Waals surface area (Å²) < 4.78 is 21.9. The van der Waals surface area contributed by atoms with E-state index in [9.17, 15) is 9.59 Å². The number of ether oxygens (including phenoxy) is 2. The van der Waals surface area contributed by atoms with Crippen molar-refractivity contribution in [2.45, 2.75) is 52.4 Å². The van der Waals surface area contributed by atoms with Crippen molar-refractivity contribution in [2.75, 3.05) is 14.2 Å². The number of hydrogen-bond acceptors (Lipinski definition) is 11. The predicted molar refractivity (Wildman–Crippen MR) is 162 cm³/mol. The zero-order valence-corrected chi connectivity index (χ0v) is 25.9. The maximum Gasteiger partial charge on any atom is 0.337 e. The van der Waals surface area contributed by atoms with Crippen molar-refractivity contribution in [3.05, 3.63) is 76.9 Å². The van der Waals surface area contributed by atoms with Gasteiger partial charge in [0.05, 0.1) is 25.3 Å². The number of aromatic nitrogens is 5. The van der Waals surface area contributed by atoms with Crippen LogP contribution < -0.4 is 0 Å². The Balaban J connectivity index is 1.48. The van der Waals surface area contributed by atoms with Gasteiger partial charge in [0.1, 0.15) is 11.4 Å². The average Bonchev–Trinajstić information content (AvgIpc) is 3.70. The summed E-state index contributed by atoms with van der Waals surface area (Å²) in [6.45, 7) is 12.3. The smallest absolute Gasteiger partial charge is 0.337 e. The molecule has 3 aromatic heterocycles. The van der Waals surface area contributed by atoms with Crippen molar-refractivity contribution in [1.82, 2.24) is 25.4 Å². The Hall–Kier alpha value is -5.19. The van der Waals surface area contributed by atoms with Crippen LogP contribution in [0.2, 0.25) is 0 Å². The topological polar surface area (TPSA) is 143 Å². The first kappa shape index (κ1) is 30.3. The van der Waals surface area contributed by atoms with E-state index in [1.54, 1.807) is 42.5 Å². The molecule has 226 valence electrons. The number of pyridine rings is 1. The van der Waals surface area contributed by atoms with Crippen molar-refractivity contribution in [1.29, 1.82) is 0 Å². The van der Waals surface area contributed by atoms with Gasteiger partial charge in [-0.1, -0.05) is 47.6 Å². The van der Waals surface area contributed by atoms with Crippen LogP contribution in [0.25, 0.3) is 46.1 Å². The number of nitrogens with zero attached hydrogens (tertiary/aromatic N) is 5. The second-order valence-electron chi connectivity index (χ2n) is 12.3. The highest BCUT2D eigenvalue weighted by Crippen LogP contribution is 2.33. The molecular formula is C33H33N5O6. The molecule has 2 aromatic carbocycles. The summed E-state index contributed by atoms with van der Waals surface area (Å²) >= 11 is 0. The first-order valence-corrected chi connectivity index (χ1v) is 13.9. The molecule has 11 heteroatoms. The molecule has 0 bridgehead atoms. The van der Waals surface area contributed by atoms with Gasteiger partial charge in [0, 0.05) is 11.1 Å². The van der Waals surface area contributed by atoms with Gasteiger partial charge < -0.3 is 18.3 Å². The fourth-order valence-electron chi connectivity index (χ4n) is 4.40. The fraction of sp³-hybridized carbons (Fsp3) is 0.303. The maximum atomic E-state index is 12.3. The van der Waals surface area contributed by atoms with Crippen molar-refractivity contribution in [3.8, 4) is 46.1 Å². The van der Waals surface area contributed by atoms with Gasteiger partial charge in [-0.05, 0) is 70.5 Å². The Kier molecular flexibility index (Phi) is 7.90. The maximum absolute atomic E-state index is 12.3. The van der Waals surface area contributed by atoms with Crippen LogP contribution in [0.15, 0.2) is 63.4 Å². The Morgan fingerprint density at radius 1 is 0.591 bits per heavy atom. The van der Waals surface area contributed by atoms with Crippen LogP contribution >= 0.6 is 0 Å². The number of esters is 2. The Morgan fingerprint density at radius 2 is 0.977 bits per heavy atom. The summed E-state index contributed by atoms with van der Waals surface area (Å²) in [7, 11) is 2.67. The van der Waals surface area contributed by atoms with Crippen molar-refractivity contribution < 1.29 is 27.9 Å². The van der Waals surface area contributed by atoms with E-state index in [0.29, 0.717) is 33.6 Å². The summed E-state index contributed by atoms with van der Waals surface area (Å²) in [5.74, 6) is -0.132. The van der Waals surface area contributed by atoms with E-state index in [-0.39, 0.29) is 34.4 Å². The van der Waals surface area contributed by atoms with Gasteiger partial charge in [-0.2, -0.15) is 0 Å². The van der Waals surface area contributed by atoms with Gasteiger partial charge >= 0.3 is 11.9 Å². The van der Waals surface area contributed by atoms with Crippen LogP contribution in [0.1, 0.15) is 73.4 Å². The quantitative estimate of drug-likeness (QED) is 0.194. The first-order chi connectivity index (χ1) is 20.8. The molecule has 0 aliphatic heterocycles. The lowest BCUT2D eigenvalue weighted by Gasteiger charge is -2.20. The third-order valence-electron chi connectivity index (χ3n) is 6.97. The first-order valence-electron chi connectivity index (χ1n) is 13.9. The summed E-state index contributed by atoms with van der Waals surface area (Å²) in [5, 5.41) is 16.8. The fourth-order valence-corrected chi connectivity index (χ4v) is 4.40. The van der Waals surface area contributed by atoms with E-state index in [0.717, 1.165) is 11.1 Å². The normalized spacial score (nSPS) is 11.8. The van der Waals surface area contributed by atoms with Crippen LogP contribution in [0.5, 0.6) is 0 Å². The van der Waals surface area contributed by atoms with Crippen LogP contribution in [0, 0.1) is 0 Å². The zero-order valence-electron chi connectivity index (χ0n) is 25.9. The standard InChI is InChI=1S/C33H33N5O6/c1-32(2,3)22-14-18(12-20(16-22)30(39)41-7)26-35-37-28(43-26)24-10-9-11-25(34-24)29-38-36-27(44-29)19-13-21(31(40)42-8)17-23(15-19)33(4,5)6/h9-17H,1-8H3. The van der Waals surface area contributed by atoms with E-state index in [4.69, 9.17) is 18.3 Å². The van der Waals surface area contributed by atoms with E-state index < -0.39 is 11.9 Å². The molecule has 44 heavy (non-hydrogen) atoms. The monoisotopic (exact) mass is 595 g/mol. The third-order valence-corrected chi connectivity index (χ3v) is 6.97. The second kappa shape index (κ2) is 11.5. The third kappa shape index (κ3) is 6.26. The van der Waals surface area contributed by atoms with Crippen molar-refractivity contribution in [3.63, 3.8) is 0 Å². The highest BCUT2D eigenvalue weighted by atomic mass is 16.5. The van der Waals surface area contributed by atoms with E-state index >= 15 is 0 Å². The second-order valence-corrected chi connectivity index (χ2v) is 12.3. The molecular weight excluding hydrogens is 562 g/mol. The minimum Gasteiger partial charge on any atom is -0.465 e. The molecule has 0 saturated carbocycles. The SMILES string of the molecule is COC(=O)c1cc(-c2nnc(-c3cccc(-c4nnc(-c5cc(C(=O)OC)cc(C(C)(C)C)c5)o4)n3)o2)cc(C(C)(C)C)c1. The highest BCUT2D eigenvalue weighted by Gasteiger charge is 2.23. The molecule has 0 atom stereocenters. The summed E-state index contributed by atoms with van der Waals surface area (Å²) in [4.78, 5) is 29.3. The van der Waals surface area contributed by atoms with Crippen LogP contribution in [-0.4, -0.2) is 51.5 Å². The van der Waals surface area contributed by atoms with Crippen LogP contribution in [-0.2, 0) is 20.3 Å². The molecule has 11 nitrogen and oxygen atoms in total. The molecule has 0 saturated heterocycles. The molecule has 0 N–H and O–H groups in total. The van der Waals surface area contributed by atoms with Gasteiger partial charge in [-0.25, -0.2) is 14.6 Å². The van der Waals surface area contributed by atoms with Gasteiger partial charge in [-0.15, -0.1) is 20.4 Å². The molecule has 0 aliphatic rings. The number of rotatable bonds is 6. The van der Waals surface area contributed by atoms with Gasteiger partial charge in [0.15, 0.2) is 0 Å². The highest BCUT2D eigenvalue weighted by molar-refractivity contribution is 5.91. The van der Waals surface area contributed by atoms with Crippen LogP contribution in [0.4, 0.5) is 0 Å². The molecule has 5 aromatic rings. The van der Waals surface area contributed by atoms with Gasteiger partial charge in [0.25, 0.3) is 11.8 Å². The molecule has 0 radical (unpaired) electrons. The molecule has 0 unspecified atom stereocenters. The number of benzene rings is 2. The lowest BCUT2D eigenvalue weighted by atomic mass is 9.85. The number of hydrogen-bond donors (Lipinski definition) is 0. The Bertz CT molecular complexity index is 1730. The van der Waals surface area contributed by atoms with Gasteiger partial charge in [-0.3, -0.25) is 0 Å². The van der Waals surface area contributed by atoms with Gasteiger partial charge in [0.2, 0.25) is 11.8 Å². The lowest BCUT2D eigenvalue weighted by Crippen LogP contribution is -2.13. The van der Waals surface area contributed by atoms with Crippen molar-refractivity contribution in [2.24, 2.45) is 0 Å². The predicted octanol–water partition coefficient (Wildman–Crippen LogP) is 6.68. The minimum absolute atomic E-state index is 0.169. The summed E-state index contributed by atoms with van der Waals surface area (Å²) in [6.07, 6.45) is 0. The Labute approximate surface area is 254 Å².